The molecule has 0 saturated carbocycles. The molecule has 0 N–H and O–H groups in total. The smallest absolute Gasteiger partial charge is 0.339 e. The molecule has 2 rings (SSSR count). The van der Waals surface area contributed by atoms with Crippen LogP contribution in [0.25, 0.3) is 0 Å². The van der Waals surface area contributed by atoms with Crippen LogP contribution in [0, 0.1) is 5.82 Å². The van der Waals surface area contributed by atoms with Crippen molar-refractivity contribution >= 4 is 16.0 Å². The molecule has 7 heteroatoms. The summed E-state index contributed by atoms with van der Waals surface area (Å²) in [6.07, 6.45) is 0. The van der Waals surface area contributed by atoms with Gasteiger partial charge in [0.15, 0.2) is 0 Å². The van der Waals surface area contributed by atoms with Gasteiger partial charge in [-0.25, -0.2) is 17.6 Å². The fourth-order valence-corrected chi connectivity index (χ4v) is 3.41. The number of carbonyl (C=O) groups excluding carboxylic acids is 1. The number of hydrogen-bond acceptors (Lipinski definition) is 4. The zero-order valence-corrected chi connectivity index (χ0v) is 13.5. The van der Waals surface area contributed by atoms with E-state index in [-0.39, 0.29) is 22.6 Å². The Morgan fingerprint density at radius 1 is 1.13 bits per heavy atom. The van der Waals surface area contributed by atoms with Crippen molar-refractivity contribution in [2.24, 2.45) is 0 Å². The van der Waals surface area contributed by atoms with Crippen molar-refractivity contribution in [1.29, 1.82) is 0 Å². The predicted octanol–water partition coefficient (Wildman–Crippen LogP) is 2.43. The van der Waals surface area contributed by atoms with Gasteiger partial charge < -0.3 is 4.74 Å². The maximum absolute atomic E-state index is 13.7. The van der Waals surface area contributed by atoms with E-state index in [0.29, 0.717) is 0 Å². The van der Waals surface area contributed by atoms with E-state index in [1.807, 2.05) is 0 Å². The number of esters is 1. The van der Waals surface area contributed by atoms with Gasteiger partial charge in [-0.2, -0.15) is 4.31 Å². The molecule has 23 heavy (non-hydrogen) atoms. The molecule has 0 amide bonds. The van der Waals surface area contributed by atoms with Crippen LogP contribution in [0.1, 0.15) is 15.9 Å². The summed E-state index contributed by atoms with van der Waals surface area (Å²) < 4.78 is 44.7. The lowest BCUT2D eigenvalue weighted by Crippen LogP contribution is -2.28. The second-order valence-electron chi connectivity index (χ2n) is 4.84. The molecule has 0 bridgehead atoms. The van der Waals surface area contributed by atoms with Crippen molar-refractivity contribution in [3.8, 4) is 0 Å². The van der Waals surface area contributed by atoms with Gasteiger partial charge in [-0.1, -0.05) is 30.3 Å². The standard InChI is InChI=1S/C16H16FNO4S/c1-18(11-12-7-3-5-9-14(12)17)23(20,21)15-10-6-4-8-13(15)16(19)22-2/h3-10H,11H2,1-2H3. The van der Waals surface area contributed by atoms with E-state index < -0.39 is 21.8 Å². The highest BCUT2D eigenvalue weighted by molar-refractivity contribution is 7.89. The molecule has 5 nitrogen and oxygen atoms in total. The molecule has 0 saturated heterocycles. The third-order valence-corrected chi connectivity index (χ3v) is 5.19. The van der Waals surface area contributed by atoms with Crippen molar-refractivity contribution in [2.75, 3.05) is 14.2 Å². The van der Waals surface area contributed by atoms with Gasteiger partial charge in [0.1, 0.15) is 5.82 Å². The second-order valence-corrected chi connectivity index (χ2v) is 6.85. The lowest BCUT2D eigenvalue weighted by molar-refractivity contribution is 0.0596. The van der Waals surface area contributed by atoms with Crippen LogP contribution in [0.3, 0.4) is 0 Å². The molecule has 0 aliphatic rings. The van der Waals surface area contributed by atoms with E-state index in [9.17, 15) is 17.6 Å². The minimum absolute atomic E-state index is 0.0598. The lowest BCUT2D eigenvalue weighted by atomic mass is 10.2. The Balaban J connectivity index is 2.39. The number of halogens is 1. The number of methoxy groups -OCH3 is 1. The van der Waals surface area contributed by atoms with Gasteiger partial charge in [-0.15, -0.1) is 0 Å². The Morgan fingerprint density at radius 2 is 1.74 bits per heavy atom. The topological polar surface area (TPSA) is 63.7 Å². The third kappa shape index (κ3) is 3.57. The molecule has 0 fully saturated rings. The first-order valence-corrected chi connectivity index (χ1v) is 8.19. The van der Waals surface area contributed by atoms with Crippen LogP contribution in [0.5, 0.6) is 0 Å². The molecular formula is C16H16FNO4S. The number of nitrogens with zero attached hydrogens (tertiary/aromatic N) is 1. The van der Waals surface area contributed by atoms with Gasteiger partial charge in [0.25, 0.3) is 0 Å². The number of carbonyl (C=O) groups is 1. The molecule has 0 heterocycles. The monoisotopic (exact) mass is 337 g/mol. The van der Waals surface area contributed by atoms with Gasteiger partial charge >= 0.3 is 5.97 Å². The largest absolute Gasteiger partial charge is 0.465 e. The second kappa shape index (κ2) is 6.89. The summed E-state index contributed by atoms with van der Waals surface area (Å²) in [5.41, 5.74) is 0.185. The Bertz CT molecular complexity index is 820. The summed E-state index contributed by atoms with van der Waals surface area (Å²) >= 11 is 0. The van der Waals surface area contributed by atoms with Crippen molar-refractivity contribution < 1.29 is 22.3 Å². The van der Waals surface area contributed by atoms with Crippen LogP contribution in [-0.4, -0.2) is 32.8 Å². The number of hydrogen-bond donors (Lipinski definition) is 0. The Morgan fingerprint density at radius 3 is 2.39 bits per heavy atom. The van der Waals surface area contributed by atoms with Crippen LogP contribution in [0.2, 0.25) is 0 Å². The molecule has 0 radical (unpaired) electrons. The SMILES string of the molecule is COC(=O)c1ccccc1S(=O)(=O)N(C)Cc1ccccc1F. The van der Waals surface area contributed by atoms with Gasteiger partial charge in [0.05, 0.1) is 17.6 Å². The number of benzene rings is 2. The third-order valence-electron chi connectivity index (χ3n) is 3.33. The van der Waals surface area contributed by atoms with Crippen LogP contribution < -0.4 is 0 Å². The first-order chi connectivity index (χ1) is 10.9. The first kappa shape index (κ1) is 17.1. The summed E-state index contributed by atoms with van der Waals surface area (Å²) in [5, 5.41) is 0. The van der Waals surface area contributed by atoms with Crippen molar-refractivity contribution in [1.82, 2.24) is 4.31 Å². The van der Waals surface area contributed by atoms with E-state index in [4.69, 9.17) is 0 Å². The highest BCUT2D eigenvalue weighted by atomic mass is 32.2. The summed E-state index contributed by atoms with van der Waals surface area (Å²) in [6, 6.07) is 11.7. The van der Waals surface area contributed by atoms with Gasteiger partial charge in [-0.05, 0) is 18.2 Å². The van der Waals surface area contributed by atoms with Gasteiger partial charge in [0, 0.05) is 19.2 Å². The molecule has 0 aliphatic heterocycles. The van der Waals surface area contributed by atoms with Crippen molar-refractivity contribution in [3.63, 3.8) is 0 Å². The maximum Gasteiger partial charge on any atom is 0.339 e. The average molecular weight is 337 g/mol. The molecule has 0 unspecified atom stereocenters. The Kier molecular flexibility index (Phi) is 5.12. The molecular weight excluding hydrogens is 321 g/mol. The van der Waals surface area contributed by atoms with Crippen LogP contribution in [-0.2, 0) is 21.3 Å². The average Bonchev–Trinajstić information content (AvgIpc) is 2.56. The van der Waals surface area contributed by atoms with Gasteiger partial charge in [-0.3, -0.25) is 0 Å². The summed E-state index contributed by atoms with van der Waals surface area (Å²) in [7, 11) is -1.47. The van der Waals surface area contributed by atoms with E-state index in [1.54, 1.807) is 12.1 Å². The number of sulfonamides is 1. The summed E-state index contributed by atoms with van der Waals surface area (Å²) in [5.74, 6) is -1.24. The minimum atomic E-state index is -3.97. The Hall–Kier alpha value is -2.25. The van der Waals surface area contributed by atoms with Gasteiger partial charge in [0.2, 0.25) is 10.0 Å². The maximum atomic E-state index is 13.7. The fraction of sp³-hybridized carbons (Fsp3) is 0.188. The highest BCUT2D eigenvalue weighted by Crippen LogP contribution is 2.22. The normalized spacial score (nSPS) is 11.5. The number of rotatable bonds is 5. The van der Waals surface area contributed by atoms with E-state index in [0.717, 1.165) is 4.31 Å². The first-order valence-electron chi connectivity index (χ1n) is 6.75. The van der Waals surface area contributed by atoms with E-state index in [1.165, 1.54) is 50.6 Å². The van der Waals surface area contributed by atoms with Crippen LogP contribution >= 0.6 is 0 Å². The van der Waals surface area contributed by atoms with Crippen LogP contribution in [0.4, 0.5) is 4.39 Å². The lowest BCUT2D eigenvalue weighted by Gasteiger charge is -2.19. The minimum Gasteiger partial charge on any atom is -0.465 e. The molecule has 0 atom stereocenters. The molecule has 0 aromatic heterocycles. The predicted molar refractivity (Wildman–Crippen MR) is 82.8 cm³/mol. The molecule has 2 aromatic rings. The molecule has 0 spiro atoms. The zero-order chi connectivity index (χ0) is 17.0. The Labute approximate surface area is 134 Å². The fourth-order valence-electron chi connectivity index (χ4n) is 2.09. The highest BCUT2D eigenvalue weighted by Gasteiger charge is 2.27. The molecule has 122 valence electrons. The number of ether oxygens (including phenoxy) is 1. The van der Waals surface area contributed by atoms with E-state index in [2.05, 4.69) is 4.74 Å². The summed E-state index contributed by atoms with van der Waals surface area (Å²) in [4.78, 5) is 11.6. The summed E-state index contributed by atoms with van der Waals surface area (Å²) in [6.45, 7) is -0.148. The van der Waals surface area contributed by atoms with E-state index >= 15 is 0 Å². The molecule has 0 aliphatic carbocycles. The van der Waals surface area contributed by atoms with Crippen LogP contribution in [0.15, 0.2) is 53.4 Å². The zero-order valence-electron chi connectivity index (χ0n) is 12.7. The quantitative estimate of drug-likeness (QED) is 0.786. The van der Waals surface area contributed by atoms with Crippen molar-refractivity contribution in [3.05, 3.63) is 65.5 Å². The molecule has 2 aromatic carbocycles. The van der Waals surface area contributed by atoms with Crippen molar-refractivity contribution in [2.45, 2.75) is 11.4 Å².